The first kappa shape index (κ1) is 57.6. The maximum atomic E-state index is 14.3. The van der Waals surface area contributed by atoms with Gasteiger partial charge in [0.2, 0.25) is 0 Å². The SMILES string of the molecule is CCCCCc1c(CCCCC2C=C3CCC(c4cccc(CCOCC)c4)C4C#COC(CC(=O)CCc5ccc(OC)c(c5)OCc5c(C(O)O)cc6c4c(O)cc4c6c5C=CC4C)CC2C=C3O)cccc1NC(N)=NC. The monoisotopic (exact) mass is 1080 g/mol. The number of aliphatic imine (C=N–C) groups is 1. The molecule has 4 aliphatic heterocycles. The molecule has 5 aromatic carbocycles. The van der Waals surface area contributed by atoms with E-state index in [9.17, 15) is 25.2 Å². The second-order valence-electron chi connectivity index (χ2n) is 22.2. The summed E-state index contributed by atoms with van der Waals surface area (Å²) in [5.41, 5.74) is 16.6. The van der Waals surface area contributed by atoms with Crippen molar-refractivity contribution < 1.29 is 44.2 Å². The van der Waals surface area contributed by atoms with Crippen molar-refractivity contribution in [2.24, 2.45) is 22.6 Å². The molecule has 80 heavy (non-hydrogen) atoms. The molecule has 0 fully saturated rings. The van der Waals surface area contributed by atoms with Gasteiger partial charge in [0.05, 0.1) is 19.6 Å². The summed E-state index contributed by atoms with van der Waals surface area (Å²) >= 11 is 0. The molecule has 6 unspecified atom stereocenters. The van der Waals surface area contributed by atoms with E-state index in [1.165, 1.54) is 11.1 Å². The third kappa shape index (κ3) is 13.4. The molecular weight excluding hydrogens is 1000 g/mol. The van der Waals surface area contributed by atoms with Crippen LogP contribution in [0.5, 0.6) is 17.2 Å². The van der Waals surface area contributed by atoms with E-state index in [2.05, 4.69) is 90.8 Å². The summed E-state index contributed by atoms with van der Waals surface area (Å²) in [5, 5.41) is 52.3. The van der Waals surface area contributed by atoms with E-state index in [1.807, 2.05) is 43.3 Å². The van der Waals surface area contributed by atoms with Crippen LogP contribution in [-0.4, -0.2) is 65.6 Å². The fourth-order valence-electron chi connectivity index (χ4n) is 12.7. The van der Waals surface area contributed by atoms with Crippen molar-refractivity contribution in [2.75, 3.05) is 32.7 Å². The number of rotatable bonds is 17. The molecule has 0 aromatic heterocycles. The molecule has 5 aromatic rings. The molecule has 0 spiro atoms. The number of carbonyl (C=O) groups excluding carboxylic acids is 1. The first-order valence-corrected chi connectivity index (χ1v) is 29.1. The molecule has 6 atom stereocenters. The average molecular weight is 1080 g/mol. The Morgan fingerprint density at radius 1 is 0.950 bits per heavy atom. The number of ether oxygens (including phenoxy) is 4. The van der Waals surface area contributed by atoms with E-state index in [1.54, 1.807) is 20.2 Å². The molecule has 7 N–H and O–H groups in total. The normalized spacial score (nSPS) is 21.1. The van der Waals surface area contributed by atoms with Gasteiger partial charge in [0, 0.05) is 60.7 Å². The fraction of sp³-hybridized carbons (Fsp3) is 0.441. The van der Waals surface area contributed by atoms with Crippen molar-refractivity contribution in [1.82, 2.24) is 0 Å². The Hall–Kier alpha value is -7.04. The van der Waals surface area contributed by atoms with Crippen LogP contribution in [-0.2, 0) is 46.6 Å². The van der Waals surface area contributed by atoms with Gasteiger partial charge in [0.1, 0.15) is 36.1 Å². The number of nitrogens with zero attached hydrogens (tertiary/aromatic N) is 1. The lowest BCUT2D eigenvalue weighted by atomic mass is 9.73. The maximum Gasteiger partial charge on any atom is 0.192 e. The number of phenols is 1. The zero-order valence-corrected chi connectivity index (χ0v) is 47.4. The average Bonchev–Trinajstić information content (AvgIpc) is 3.48. The van der Waals surface area contributed by atoms with E-state index >= 15 is 0 Å². The van der Waals surface area contributed by atoms with Crippen LogP contribution in [0.15, 0.2) is 107 Å². The smallest absolute Gasteiger partial charge is 0.192 e. The predicted molar refractivity (Wildman–Crippen MR) is 318 cm³/mol. The quantitative estimate of drug-likeness (QED) is 0.0171. The second kappa shape index (κ2) is 26.9. The first-order valence-electron chi connectivity index (χ1n) is 29.1. The number of nitrogens with two attached hydrogens (primary N) is 1. The summed E-state index contributed by atoms with van der Waals surface area (Å²) in [7, 11) is 3.27. The molecule has 6 aliphatic rings. The number of aromatic hydroxyl groups is 1. The number of benzene rings is 5. The fourth-order valence-corrected chi connectivity index (χ4v) is 12.7. The van der Waals surface area contributed by atoms with Crippen molar-refractivity contribution in [1.29, 1.82) is 0 Å². The number of hydrogen-bond acceptors (Lipinski definition) is 10. The molecular formula is C68H81N3O9. The number of carbonyl (C=O) groups is 1. The van der Waals surface area contributed by atoms with Crippen LogP contribution in [0.2, 0.25) is 0 Å². The number of guanidine groups is 1. The number of anilines is 1. The molecule has 0 saturated heterocycles. The predicted octanol–water partition coefficient (Wildman–Crippen LogP) is 13.2. The molecule has 12 nitrogen and oxygen atoms in total. The summed E-state index contributed by atoms with van der Waals surface area (Å²) in [6, 6.07) is 24.2. The van der Waals surface area contributed by atoms with Crippen molar-refractivity contribution in [3.63, 3.8) is 0 Å². The van der Waals surface area contributed by atoms with Crippen LogP contribution in [0.25, 0.3) is 16.8 Å². The number of aliphatic hydroxyl groups is 3. The van der Waals surface area contributed by atoms with E-state index in [4.69, 9.17) is 24.7 Å². The van der Waals surface area contributed by atoms with Crippen LogP contribution in [0.4, 0.5) is 5.69 Å². The molecule has 11 rings (SSSR count). The van der Waals surface area contributed by atoms with Crippen LogP contribution < -0.4 is 20.5 Å². The van der Waals surface area contributed by atoms with E-state index in [-0.39, 0.29) is 66.0 Å². The largest absolute Gasteiger partial charge is 0.508 e. The first-order chi connectivity index (χ1) is 38.9. The Kier molecular flexibility index (Phi) is 19.4. The molecule has 12 heteroatoms. The van der Waals surface area contributed by atoms with E-state index in [0.29, 0.717) is 79.3 Å². The highest BCUT2D eigenvalue weighted by Crippen LogP contribution is 2.50. The minimum atomic E-state index is -1.89. The Morgan fingerprint density at radius 3 is 2.59 bits per heavy atom. The number of unbranched alkanes of at least 4 members (excludes halogenated alkanes) is 3. The lowest BCUT2D eigenvalue weighted by molar-refractivity contribution is -0.121. The third-order valence-corrected chi connectivity index (χ3v) is 17.0. The zero-order valence-electron chi connectivity index (χ0n) is 47.4. The molecule has 0 radical (unpaired) electrons. The molecule has 0 amide bonds. The Morgan fingerprint density at radius 2 is 1.79 bits per heavy atom. The highest BCUT2D eigenvalue weighted by atomic mass is 16.5. The number of fused-ring (bicyclic) bond motifs is 8. The van der Waals surface area contributed by atoms with Crippen molar-refractivity contribution in [2.45, 2.75) is 154 Å². The van der Waals surface area contributed by atoms with Gasteiger partial charge in [-0.15, -0.1) is 0 Å². The number of aryl methyl sites for hydroxylation is 2. The topological polar surface area (TPSA) is 185 Å². The molecule has 0 saturated carbocycles. The summed E-state index contributed by atoms with van der Waals surface area (Å²) in [6.07, 6.45) is 20.0. The summed E-state index contributed by atoms with van der Waals surface area (Å²) < 4.78 is 24.9. The van der Waals surface area contributed by atoms with Crippen LogP contribution in [0.1, 0.15) is 171 Å². The molecule has 4 heterocycles. The van der Waals surface area contributed by atoms with Gasteiger partial charge in [-0.1, -0.05) is 99.7 Å². The van der Waals surface area contributed by atoms with Gasteiger partial charge in [-0.3, -0.25) is 9.79 Å². The number of allylic oxidation sites excluding steroid dienone is 4. The van der Waals surface area contributed by atoms with Gasteiger partial charge >= 0.3 is 0 Å². The van der Waals surface area contributed by atoms with Gasteiger partial charge in [0.25, 0.3) is 0 Å². The second-order valence-corrected chi connectivity index (χ2v) is 22.2. The van der Waals surface area contributed by atoms with Crippen molar-refractivity contribution in [3.8, 4) is 29.3 Å². The van der Waals surface area contributed by atoms with Gasteiger partial charge in [-0.2, -0.15) is 0 Å². The van der Waals surface area contributed by atoms with Crippen LogP contribution in [0, 0.1) is 23.9 Å². The minimum Gasteiger partial charge on any atom is -0.508 e. The highest BCUT2D eigenvalue weighted by Gasteiger charge is 2.35. The molecule has 2 aliphatic carbocycles. The van der Waals surface area contributed by atoms with Crippen LogP contribution >= 0.6 is 0 Å². The minimum absolute atomic E-state index is 0.0174. The number of hydrogen-bond donors (Lipinski definition) is 6. The number of ketones is 1. The van der Waals surface area contributed by atoms with Crippen molar-refractivity contribution >= 4 is 34.3 Å². The van der Waals surface area contributed by atoms with Gasteiger partial charge in [-0.25, -0.2) is 0 Å². The number of aliphatic hydroxyl groups excluding tert-OH is 2. The van der Waals surface area contributed by atoms with E-state index < -0.39 is 18.3 Å². The standard InChI is InChI=1S/C68H81N3O9/c1-6-8-9-19-53-45(17-13-20-60(53)71-68(69)70-4)15-10-11-16-46-35-48-24-27-52(47-18-12-14-43(33-47)29-31-78-7-2)55-30-32-79-51(36-49(46)37-61(48)73)38-50(72)25-22-44-23-28-63(77-5)64(34-44)80-41-59-54-26-21-42(3)56-40-62(74)66(55)58(65(54)56)39-57(59)67(75)76/h12-14,17-18,20-21,23,26,28,33-35,37,39-40,42,46,49,51-52,55,67,73-76H,6-11,15-16,19,22,24-25,27,29,31,36,38,41H2,1-5H3,(H3,69,70,71). The van der Waals surface area contributed by atoms with E-state index in [0.717, 1.165) is 95.8 Å². The summed E-state index contributed by atoms with van der Waals surface area (Å²) in [6.45, 7) is 7.43. The number of Topliss-reactive ketones (excluding diaryl/α,β-unsaturated/α-hetero) is 1. The van der Waals surface area contributed by atoms with Gasteiger partial charge in [-0.05, 0) is 175 Å². The summed E-state index contributed by atoms with van der Waals surface area (Å²) in [4.78, 5) is 18.5. The Balaban J connectivity index is 1.16. The maximum absolute atomic E-state index is 14.3. The lowest BCUT2D eigenvalue weighted by Crippen LogP contribution is -2.25. The number of nitrogens with one attached hydrogen (secondary N) is 1. The van der Waals surface area contributed by atoms with Crippen molar-refractivity contribution in [3.05, 3.63) is 158 Å². The van der Waals surface area contributed by atoms with Gasteiger partial charge in [0.15, 0.2) is 23.7 Å². The number of methoxy groups -OCH3 is 1. The van der Waals surface area contributed by atoms with Crippen LogP contribution in [0.3, 0.4) is 0 Å². The molecule has 10 bridgehead atoms. The third-order valence-electron chi connectivity index (χ3n) is 17.0. The Bertz CT molecular complexity index is 3220. The Labute approximate surface area is 472 Å². The zero-order chi connectivity index (χ0) is 56.3. The number of phenolic OH excluding ortho intramolecular Hbond substituents is 1. The molecule has 422 valence electrons. The summed E-state index contributed by atoms with van der Waals surface area (Å²) in [5.74, 6) is 3.94. The van der Waals surface area contributed by atoms with Gasteiger partial charge < -0.3 is 50.4 Å². The highest BCUT2D eigenvalue weighted by molar-refractivity contribution is 6.01. The lowest BCUT2D eigenvalue weighted by Gasteiger charge is -2.31.